The van der Waals surface area contributed by atoms with Crippen molar-refractivity contribution in [2.45, 2.75) is 18.9 Å². The molecule has 1 N–H and O–H groups in total. The molecule has 1 saturated carbocycles. The summed E-state index contributed by atoms with van der Waals surface area (Å²) < 4.78 is 1.91. The number of allylic oxidation sites excluding steroid dienone is 1. The van der Waals surface area contributed by atoms with Crippen LogP contribution < -0.4 is 5.32 Å². The Morgan fingerprint density at radius 1 is 1.32 bits per heavy atom. The van der Waals surface area contributed by atoms with Crippen LogP contribution in [0.25, 0.3) is 5.82 Å². The van der Waals surface area contributed by atoms with E-state index in [9.17, 15) is 0 Å². The van der Waals surface area contributed by atoms with Crippen molar-refractivity contribution in [3.8, 4) is 5.82 Å². The zero-order valence-corrected chi connectivity index (χ0v) is 10.6. The second kappa shape index (κ2) is 4.23. The van der Waals surface area contributed by atoms with Crippen molar-refractivity contribution in [2.24, 2.45) is 11.8 Å². The molecule has 0 radical (unpaired) electrons. The summed E-state index contributed by atoms with van der Waals surface area (Å²) in [5, 5.41) is 3.58. The fourth-order valence-electron chi connectivity index (χ4n) is 3.12. The third-order valence-corrected chi connectivity index (χ3v) is 4.23. The first-order valence-corrected chi connectivity index (χ1v) is 6.78. The topological polar surface area (TPSA) is 42.7 Å². The van der Waals surface area contributed by atoms with Crippen LogP contribution in [0.3, 0.4) is 0 Å². The molecular weight excluding hydrogens is 236 g/mol. The summed E-state index contributed by atoms with van der Waals surface area (Å²) in [5.41, 5.74) is 1.10. The molecule has 0 spiro atoms. The van der Waals surface area contributed by atoms with Gasteiger partial charge >= 0.3 is 0 Å². The smallest absolute Gasteiger partial charge is 0.137 e. The number of hydrogen-bond acceptors (Lipinski definition) is 3. The molecule has 2 aliphatic rings. The van der Waals surface area contributed by atoms with E-state index < -0.39 is 0 Å². The second-order valence-electron chi connectivity index (χ2n) is 5.36. The van der Waals surface area contributed by atoms with Crippen LogP contribution >= 0.6 is 0 Å². The minimum absolute atomic E-state index is 0.588. The van der Waals surface area contributed by atoms with E-state index in [1.165, 1.54) is 12.8 Å². The number of pyridine rings is 1. The highest BCUT2D eigenvalue weighted by molar-refractivity contribution is 5.45. The van der Waals surface area contributed by atoms with E-state index in [4.69, 9.17) is 0 Å². The average molecular weight is 252 g/mol. The summed E-state index contributed by atoms with van der Waals surface area (Å²) in [6.07, 6.45) is 14.5. The Morgan fingerprint density at radius 2 is 2.32 bits per heavy atom. The Hall–Kier alpha value is -2.10. The Bertz CT molecular complexity index is 585. The van der Waals surface area contributed by atoms with Gasteiger partial charge in [0.15, 0.2) is 0 Å². The molecule has 4 rings (SSSR count). The third kappa shape index (κ3) is 1.84. The minimum Gasteiger partial charge on any atom is -0.380 e. The average Bonchev–Trinajstić information content (AvgIpc) is 3.06. The van der Waals surface area contributed by atoms with E-state index in [0.717, 1.165) is 23.3 Å². The van der Waals surface area contributed by atoms with Gasteiger partial charge < -0.3 is 5.32 Å². The number of nitrogens with zero attached hydrogens (tertiary/aromatic N) is 3. The van der Waals surface area contributed by atoms with Crippen LogP contribution in [0.15, 0.2) is 49.2 Å². The van der Waals surface area contributed by atoms with Crippen molar-refractivity contribution in [2.75, 3.05) is 5.32 Å². The van der Waals surface area contributed by atoms with Gasteiger partial charge in [0.05, 0.1) is 11.9 Å². The monoisotopic (exact) mass is 252 g/mol. The van der Waals surface area contributed by atoms with Gasteiger partial charge in [0.25, 0.3) is 0 Å². The number of imidazole rings is 1. The van der Waals surface area contributed by atoms with Gasteiger partial charge in [-0.25, -0.2) is 9.97 Å². The molecule has 3 unspecified atom stereocenters. The van der Waals surface area contributed by atoms with Crippen LogP contribution in [-0.2, 0) is 0 Å². The molecule has 2 heterocycles. The van der Waals surface area contributed by atoms with E-state index in [1.807, 2.05) is 23.0 Å². The van der Waals surface area contributed by atoms with Crippen molar-refractivity contribution >= 4 is 5.69 Å². The highest BCUT2D eigenvalue weighted by atomic mass is 15.1. The summed E-state index contributed by atoms with van der Waals surface area (Å²) in [6, 6.07) is 4.70. The fraction of sp³-hybridized carbons (Fsp3) is 0.333. The van der Waals surface area contributed by atoms with Gasteiger partial charge in [-0.3, -0.25) is 4.57 Å². The van der Waals surface area contributed by atoms with Crippen LogP contribution in [-0.4, -0.2) is 20.6 Å². The number of aromatic nitrogens is 3. The van der Waals surface area contributed by atoms with Gasteiger partial charge in [0.2, 0.25) is 0 Å². The Kier molecular flexibility index (Phi) is 2.40. The summed E-state index contributed by atoms with van der Waals surface area (Å²) >= 11 is 0. The SMILES string of the molecule is C1=CC2C(C1)CC2Nc1ccc(-n2ccnc2)nc1. The van der Waals surface area contributed by atoms with Gasteiger partial charge in [-0.05, 0) is 30.9 Å². The molecule has 0 amide bonds. The van der Waals surface area contributed by atoms with E-state index in [-0.39, 0.29) is 0 Å². The number of fused-ring (bicyclic) bond motifs is 1. The fourth-order valence-corrected chi connectivity index (χ4v) is 3.12. The first-order valence-electron chi connectivity index (χ1n) is 6.78. The lowest BCUT2D eigenvalue weighted by atomic mass is 9.71. The zero-order valence-electron chi connectivity index (χ0n) is 10.6. The van der Waals surface area contributed by atoms with Crippen molar-refractivity contribution in [1.82, 2.24) is 14.5 Å². The summed E-state index contributed by atoms with van der Waals surface area (Å²) in [5.74, 6) is 2.51. The maximum absolute atomic E-state index is 4.46. The lowest BCUT2D eigenvalue weighted by molar-refractivity contribution is 0.218. The van der Waals surface area contributed by atoms with Crippen molar-refractivity contribution in [3.63, 3.8) is 0 Å². The normalized spacial score (nSPS) is 27.9. The minimum atomic E-state index is 0.588. The molecule has 3 atom stereocenters. The van der Waals surface area contributed by atoms with E-state index in [0.29, 0.717) is 6.04 Å². The molecule has 0 aliphatic heterocycles. The first-order chi connectivity index (χ1) is 9.40. The van der Waals surface area contributed by atoms with Crippen molar-refractivity contribution in [3.05, 3.63) is 49.2 Å². The number of rotatable bonds is 3. The van der Waals surface area contributed by atoms with Crippen LogP contribution in [0.1, 0.15) is 12.8 Å². The number of hydrogen-bond donors (Lipinski definition) is 1. The standard InChI is InChI=1S/C15H16N4/c1-2-11-8-14(13(11)3-1)18-12-4-5-15(17-9-12)19-7-6-16-10-19/h1,3-7,9-11,13-14,18H,2,8H2. The van der Waals surface area contributed by atoms with Gasteiger partial charge in [0, 0.05) is 24.4 Å². The molecule has 0 aromatic carbocycles. The largest absolute Gasteiger partial charge is 0.380 e. The second-order valence-corrected chi connectivity index (χ2v) is 5.36. The molecule has 2 aromatic rings. The lowest BCUT2D eigenvalue weighted by Gasteiger charge is -2.41. The zero-order chi connectivity index (χ0) is 12.7. The molecule has 0 bridgehead atoms. The summed E-state index contributed by atoms with van der Waals surface area (Å²) in [6.45, 7) is 0. The molecule has 2 aliphatic carbocycles. The third-order valence-electron chi connectivity index (χ3n) is 4.23. The Balaban J connectivity index is 1.46. The Morgan fingerprint density at radius 3 is 3.05 bits per heavy atom. The number of anilines is 1. The summed E-state index contributed by atoms with van der Waals surface area (Å²) in [4.78, 5) is 8.49. The maximum Gasteiger partial charge on any atom is 0.137 e. The predicted octanol–water partition coefficient (Wildman–Crippen LogP) is 2.64. The molecule has 19 heavy (non-hydrogen) atoms. The molecule has 96 valence electrons. The number of nitrogens with one attached hydrogen (secondary N) is 1. The molecular formula is C15H16N4. The van der Waals surface area contributed by atoms with E-state index in [1.54, 1.807) is 12.5 Å². The van der Waals surface area contributed by atoms with Gasteiger partial charge in [-0.15, -0.1) is 0 Å². The predicted molar refractivity (Wildman–Crippen MR) is 74.1 cm³/mol. The highest BCUT2D eigenvalue weighted by Crippen LogP contribution is 2.43. The Labute approximate surface area is 112 Å². The molecule has 2 aromatic heterocycles. The molecule has 4 heteroatoms. The van der Waals surface area contributed by atoms with Crippen LogP contribution in [0.4, 0.5) is 5.69 Å². The van der Waals surface area contributed by atoms with Crippen LogP contribution in [0, 0.1) is 11.8 Å². The quantitative estimate of drug-likeness (QED) is 0.854. The van der Waals surface area contributed by atoms with Crippen molar-refractivity contribution in [1.29, 1.82) is 0 Å². The highest BCUT2D eigenvalue weighted by Gasteiger charge is 2.40. The van der Waals surface area contributed by atoms with Gasteiger partial charge in [-0.2, -0.15) is 0 Å². The first kappa shape index (κ1) is 10.8. The molecule has 0 saturated heterocycles. The summed E-state index contributed by atoms with van der Waals surface area (Å²) in [7, 11) is 0. The van der Waals surface area contributed by atoms with Crippen molar-refractivity contribution < 1.29 is 0 Å². The van der Waals surface area contributed by atoms with Gasteiger partial charge in [-0.1, -0.05) is 12.2 Å². The van der Waals surface area contributed by atoms with E-state index in [2.05, 4.69) is 33.5 Å². The van der Waals surface area contributed by atoms with Gasteiger partial charge in [0.1, 0.15) is 12.1 Å². The molecule has 4 nitrogen and oxygen atoms in total. The van der Waals surface area contributed by atoms with E-state index >= 15 is 0 Å². The lowest BCUT2D eigenvalue weighted by Crippen LogP contribution is -2.43. The maximum atomic E-state index is 4.46. The molecule has 1 fully saturated rings. The van der Waals surface area contributed by atoms with Crippen LogP contribution in [0.2, 0.25) is 0 Å². The van der Waals surface area contributed by atoms with Crippen LogP contribution in [0.5, 0.6) is 0 Å².